The van der Waals surface area contributed by atoms with Crippen LogP contribution in [-0.2, 0) is 4.84 Å². The van der Waals surface area contributed by atoms with Crippen LogP contribution in [0.5, 0.6) is 0 Å². The van der Waals surface area contributed by atoms with E-state index in [1.165, 1.54) is 18.2 Å². The van der Waals surface area contributed by atoms with Crippen molar-refractivity contribution in [3.05, 3.63) is 39.4 Å². The third-order valence-electron chi connectivity index (χ3n) is 2.13. The smallest absolute Gasteiger partial charge is 0.268 e. The maximum Gasteiger partial charge on any atom is 0.275 e. The monoisotopic (exact) mass is 252 g/mol. The molecule has 0 aliphatic rings. The lowest BCUT2D eigenvalue weighted by Crippen LogP contribution is -2.33. The maximum atomic E-state index is 11.8. The lowest BCUT2D eigenvalue weighted by Gasteiger charge is -2.19. The van der Waals surface area contributed by atoms with Crippen LogP contribution in [-0.4, -0.2) is 16.4 Å². The Kier molecular flexibility index (Phi) is 4.03. The summed E-state index contributed by atoms with van der Waals surface area (Å²) in [5.74, 6) is -0.494. The average molecular weight is 252 g/mol. The van der Waals surface area contributed by atoms with E-state index in [0.717, 1.165) is 0 Å². The molecule has 98 valence electrons. The molecule has 0 saturated heterocycles. The van der Waals surface area contributed by atoms with Crippen molar-refractivity contribution in [1.82, 2.24) is 5.48 Å². The zero-order valence-corrected chi connectivity index (χ0v) is 10.8. The van der Waals surface area contributed by atoms with Crippen molar-refractivity contribution in [3.8, 4) is 0 Å². The number of nitrogens with zero attached hydrogens (tertiary/aromatic N) is 1. The fourth-order valence-electron chi connectivity index (χ4n) is 1.22. The van der Waals surface area contributed by atoms with Crippen LogP contribution in [0.4, 0.5) is 5.69 Å². The van der Waals surface area contributed by atoms with Gasteiger partial charge in [-0.15, -0.1) is 0 Å². The van der Waals surface area contributed by atoms with Crippen LogP contribution >= 0.6 is 0 Å². The first kappa shape index (κ1) is 14.1. The van der Waals surface area contributed by atoms with E-state index in [0.29, 0.717) is 5.56 Å². The Morgan fingerprint density at radius 1 is 1.39 bits per heavy atom. The number of carbonyl (C=O) groups is 1. The summed E-state index contributed by atoms with van der Waals surface area (Å²) in [7, 11) is 0. The number of non-ortho nitro benzene ring substituents is 1. The first-order chi connectivity index (χ1) is 8.20. The lowest BCUT2D eigenvalue weighted by atomic mass is 10.1. The Labute approximate surface area is 105 Å². The van der Waals surface area contributed by atoms with Crippen LogP contribution in [0.1, 0.15) is 36.7 Å². The Morgan fingerprint density at radius 2 is 2.00 bits per heavy atom. The zero-order chi connectivity index (χ0) is 13.9. The molecule has 0 heterocycles. The lowest BCUT2D eigenvalue weighted by molar-refractivity contribution is -0.384. The van der Waals surface area contributed by atoms with E-state index in [1.807, 2.05) is 0 Å². The number of nitro groups is 1. The molecule has 1 aromatic carbocycles. The van der Waals surface area contributed by atoms with Gasteiger partial charge in [0.05, 0.1) is 16.1 Å². The molecule has 0 spiro atoms. The van der Waals surface area contributed by atoms with Crippen LogP contribution in [0.3, 0.4) is 0 Å². The largest absolute Gasteiger partial charge is 0.275 e. The molecule has 1 N–H and O–H groups in total. The van der Waals surface area contributed by atoms with Gasteiger partial charge in [0.25, 0.3) is 11.6 Å². The van der Waals surface area contributed by atoms with Gasteiger partial charge in [-0.05, 0) is 33.3 Å². The molecule has 0 aromatic heterocycles. The molecule has 0 unspecified atom stereocenters. The van der Waals surface area contributed by atoms with E-state index in [-0.39, 0.29) is 11.3 Å². The second kappa shape index (κ2) is 5.14. The van der Waals surface area contributed by atoms with E-state index in [1.54, 1.807) is 27.7 Å². The summed E-state index contributed by atoms with van der Waals surface area (Å²) in [6.07, 6.45) is 0. The molecule has 0 saturated carbocycles. The third kappa shape index (κ3) is 3.81. The highest BCUT2D eigenvalue weighted by Gasteiger charge is 2.17. The van der Waals surface area contributed by atoms with Crippen LogP contribution in [0.25, 0.3) is 0 Å². The van der Waals surface area contributed by atoms with Gasteiger partial charge in [0.1, 0.15) is 0 Å². The minimum absolute atomic E-state index is 0.124. The van der Waals surface area contributed by atoms with Crippen LogP contribution in [0, 0.1) is 17.0 Å². The number of hydroxylamine groups is 1. The molecular weight excluding hydrogens is 236 g/mol. The molecule has 6 nitrogen and oxygen atoms in total. The molecule has 1 amide bonds. The van der Waals surface area contributed by atoms with Gasteiger partial charge >= 0.3 is 0 Å². The van der Waals surface area contributed by atoms with Crippen molar-refractivity contribution in [3.63, 3.8) is 0 Å². The maximum absolute atomic E-state index is 11.8. The van der Waals surface area contributed by atoms with E-state index in [9.17, 15) is 14.9 Å². The van der Waals surface area contributed by atoms with Crippen molar-refractivity contribution in [2.75, 3.05) is 0 Å². The first-order valence-corrected chi connectivity index (χ1v) is 5.44. The van der Waals surface area contributed by atoms with Gasteiger partial charge in [0.2, 0.25) is 0 Å². The highest BCUT2D eigenvalue weighted by Crippen LogP contribution is 2.17. The van der Waals surface area contributed by atoms with Crippen molar-refractivity contribution in [2.24, 2.45) is 0 Å². The summed E-state index contributed by atoms with van der Waals surface area (Å²) in [6.45, 7) is 7.06. The fourth-order valence-corrected chi connectivity index (χ4v) is 1.22. The minimum atomic E-state index is -0.541. The van der Waals surface area contributed by atoms with Crippen LogP contribution in [0.15, 0.2) is 18.2 Å². The van der Waals surface area contributed by atoms with E-state index < -0.39 is 16.4 Å². The second-order valence-electron chi connectivity index (χ2n) is 4.90. The summed E-state index contributed by atoms with van der Waals surface area (Å²) >= 11 is 0. The predicted octanol–water partition coefficient (Wildman–Crippen LogP) is 2.36. The first-order valence-electron chi connectivity index (χ1n) is 5.44. The van der Waals surface area contributed by atoms with Crippen LogP contribution < -0.4 is 5.48 Å². The molecule has 18 heavy (non-hydrogen) atoms. The van der Waals surface area contributed by atoms with Gasteiger partial charge in [-0.2, -0.15) is 0 Å². The number of nitrogens with one attached hydrogen (secondary N) is 1. The topological polar surface area (TPSA) is 81.5 Å². The van der Waals surface area contributed by atoms with Gasteiger partial charge < -0.3 is 0 Å². The molecule has 1 rings (SSSR count). The second-order valence-corrected chi connectivity index (χ2v) is 4.90. The molecule has 0 radical (unpaired) electrons. The number of carbonyl (C=O) groups excluding carboxylic acids is 1. The normalized spacial score (nSPS) is 11.1. The Hall–Kier alpha value is -1.95. The molecular formula is C12H16N2O4. The molecule has 1 aromatic rings. The van der Waals surface area contributed by atoms with Gasteiger partial charge in [-0.1, -0.05) is 6.07 Å². The number of amides is 1. The summed E-state index contributed by atoms with van der Waals surface area (Å²) in [4.78, 5) is 27.1. The highest BCUT2D eigenvalue weighted by atomic mass is 16.7. The van der Waals surface area contributed by atoms with Crippen molar-refractivity contribution in [2.45, 2.75) is 33.3 Å². The number of hydrogen-bond donors (Lipinski definition) is 1. The third-order valence-corrected chi connectivity index (χ3v) is 2.13. The zero-order valence-electron chi connectivity index (χ0n) is 10.8. The number of rotatable bonds is 3. The predicted molar refractivity (Wildman–Crippen MR) is 66.1 cm³/mol. The van der Waals surface area contributed by atoms with Crippen molar-refractivity contribution < 1.29 is 14.6 Å². The van der Waals surface area contributed by atoms with Crippen molar-refractivity contribution >= 4 is 11.6 Å². The molecule has 6 heteroatoms. The van der Waals surface area contributed by atoms with Gasteiger partial charge in [0.15, 0.2) is 0 Å². The van der Waals surface area contributed by atoms with E-state index in [2.05, 4.69) is 5.48 Å². The van der Waals surface area contributed by atoms with Crippen LogP contribution in [0.2, 0.25) is 0 Å². The van der Waals surface area contributed by atoms with Crippen molar-refractivity contribution in [1.29, 1.82) is 0 Å². The van der Waals surface area contributed by atoms with E-state index >= 15 is 0 Å². The van der Waals surface area contributed by atoms with E-state index in [4.69, 9.17) is 4.84 Å². The summed E-state index contributed by atoms with van der Waals surface area (Å²) in [5, 5.41) is 10.6. The fraction of sp³-hybridized carbons (Fsp3) is 0.417. The molecule has 0 atom stereocenters. The molecule has 0 aliphatic carbocycles. The van der Waals surface area contributed by atoms with Gasteiger partial charge in [-0.3, -0.25) is 19.7 Å². The summed E-state index contributed by atoms with van der Waals surface area (Å²) < 4.78 is 0. The quantitative estimate of drug-likeness (QED) is 0.661. The standard InChI is InChI=1S/C12H16N2O4/c1-8-5-6-9(14(16)17)7-10(8)11(15)13-18-12(2,3)4/h5-7H,1-4H3,(H,13,15). The Morgan fingerprint density at radius 3 is 2.50 bits per heavy atom. The summed E-state index contributed by atoms with van der Waals surface area (Å²) in [6, 6.07) is 4.12. The number of aryl methyl sites for hydroxylation is 1. The molecule has 0 aliphatic heterocycles. The Bertz CT molecular complexity index is 477. The summed E-state index contributed by atoms with van der Waals surface area (Å²) in [5.41, 5.74) is 2.52. The average Bonchev–Trinajstić information content (AvgIpc) is 2.25. The molecule has 0 fully saturated rings. The minimum Gasteiger partial charge on any atom is -0.268 e. The van der Waals surface area contributed by atoms with Gasteiger partial charge in [0, 0.05) is 12.1 Å². The molecule has 0 bridgehead atoms. The van der Waals surface area contributed by atoms with Gasteiger partial charge in [-0.25, -0.2) is 5.48 Å². The highest BCUT2D eigenvalue weighted by molar-refractivity contribution is 5.95. The number of hydrogen-bond acceptors (Lipinski definition) is 4. The Balaban J connectivity index is 2.91. The number of benzene rings is 1. The SMILES string of the molecule is Cc1ccc([N+](=O)[O-])cc1C(=O)NOC(C)(C)C. The number of nitro benzene ring substituents is 1.